The molecule has 1 rings (SSSR count). The van der Waals surface area contributed by atoms with Crippen molar-refractivity contribution in [3.8, 4) is 0 Å². The predicted octanol–water partition coefficient (Wildman–Crippen LogP) is -1.36. The highest BCUT2D eigenvalue weighted by molar-refractivity contribution is 6.43. The monoisotopic (exact) mass is 329 g/mol. The van der Waals surface area contributed by atoms with E-state index in [2.05, 4.69) is 5.32 Å². The minimum atomic E-state index is -1.58. The van der Waals surface area contributed by atoms with E-state index in [0.29, 0.717) is 19.4 Å². The van der Waals surface area contributed by atoms with Gasteiger partial charge in [-0.15, -0.1) is 0 Å². The van der Waals surface area contributed by atoms with E-state index in [-0.39, 0.29) is 12.5 Å². The summed E-state index contributed by atoms with van der Waals surface area (Å²) in [6.45, 7) is 7.63. The third kappa shape index (κ3) is 6.10. The van der Waals surface area contributed by atoms with Gasteiger partial charge in [-0.05, 0) is 40.5 Å². The van der Waals surface area contributed by atoms with Crippen molar-refractivity contribution in [1.82, 2.24) is 10.2 Å². The maximum absolute atomic E-state index is 12.4. The molecule has 8 nitrogen and oxygen atoms in total. The Balaban J connectivity index is 2.52. The van der Waals surface area contributed by atoms with Gasteiger partial charge in [0, 0.05) is 6.54 Å². The minimum Gasteiger partial charge on any atom is -0.426 e. The normalized spacial score (nSPS) is 21.0. The van der Waals surface area contributed by atoms with Gasteiger partial charge < -0.3 is 30.7 Å². The fourth-order valence-corrected chi connectivity index (χ4v) is 2.42. The Bertz CT molecular complexity index is 427. The molecule has 0 unspecified atom stereocenters. The second-order valence-electron chi connectivity index (χ2n) is 6.91. The highest BCUT2D eigenvalue weighted by Crippen LogP contribution is 2.19. The summed E-state index contributed by atoms with van der Waals surface area (Å²) < 4.78 is 5.46. The average molecular weight is 329 g/mol. The maximum Gasteiger partial charge on any atom is 0.475 e. The number of amides is 2. The van der Waals surface area contributed by atoms with E-state index in [1.165, 1.54) is 4.90 Å². The van der Waals surface area contributed by atoms with E-state index < -0.39 is 36.7 Å². The Hall–Kier alpha value is -1.16. The second-order valence-corrected chi connectivity index (χ2v) is 6.91. The van der Waals surface area contributed by atoms with Crippen LogP contribution in [-0.2, 0) is 14.3 Å². The number of hydrogen-bond acceptors (Lipinski definition) is 6. The number of rotatable bonds is 6. The third-order valence-electron chi connectivity index (χ3n) is 3.69. The number of carbonyl (C=O) groups excluding carboxylic acids is 2. The molecule has 3 atom stereocenters. The summed E-state index contributed by atoms with van der Waals surface area (Å²) >= 11 is 0. The lowest BCUT2D eigenvalue weighted by atomic mass is 9.78. The second kappa shape index (κ2) is 8.10. The van der Waals surface area contributed by atoms with Crippen LogP contribution in [0.1, 0.15) is 40.5 Å². The highest BCUT2D eigenvalue weighted by Gasteiger charge is 2.38. The first-order chi connectivity index (χ1) is 10.5. The van der Waals surface area contributed by atoms with E-state index in [1.54, 1.807) is 6.92 Å². The summed E-state index contributed by atoms with van der Waals surface area (Å²) in [7, 11) is -1.58. The highest BCUT2D eigenvalue weighted by atomic mass is 16.5. The first kappa shape index (κ1) is 19.9. The molecule has 0 spiro atoms. The lowest BCUT2D eigenvalue weighted by molar-refractivity contribution is -0.137. The number of carbonyl (C=O) groups is 2. The topological polar surface area (TPSA) is 125 Å². The first-order valence-electron chi connectivity index (χ1n) is 7.89. The fourth-order valence-electron chi connectivity index (χ4n) is 2.42. The van der Waals surface area contributed by atoms with Gasteiger partial charge in [0.2, 0.25) is 11.8 Å². The summed E-state index contributed by atoms with van der Waals surface area (Å²) in [6.07, 6.45) is 1.23. The Kier molecular flexibility index (Phi) is 7.00. The number of ether oxygens (including phenoxy) is 1. The smallest absolute Gasteiger partial charge is 0.426 e. The molecule has 9 heteroatoms. The summed E-state index contributed by atoms with van der Waals surface area (Å²) in [5, 5.41) is 21.2. The molecule has 1 fully saturated rings. The van der Waals surface area contributed by atoms with Crippen LogP contribution < -0.4 is 11.1 Å². The molecule has 0 aromatic rings. The number of nitrogens with one attached hydrogen (secondary N) is 1. The molecule has 1 aliphatic rings. The summed E-state index contributed by atoms with van der Waals surface area (Å²) in [6, 6.07) is -1.66. The molecule has 0 saturated carbocycles. The van der Waals surface area contributed by atoms with Crippen LogP contribution in [-0.4, -0.2) is 70.7 Å². The van der Waals surface area contributed by atoms with Crippen LogP contribution in [0.25, 0.3) is 0 Å². The number of hydrogen-bond donors (Lipinski definition) is 4. The molecule has 1 heterocycles. The van der Waals surface area contributed by atoms with Gasteiger partial charge in [0.15, 0.2) is 0 Å². The van der Waals surface area contributed by atoms with Gasteiger partial charge in [0.1, 0.15) is 12.1 Å². The van der Waals surface area contributed by atoms with Gasteiger partial charge in [-0.2, -0.15) is 0 Å². The van der Waals surface area contributed by atoms with Crippen molar-refractivity contribution in [1.29, 1.82) is 0 Å². The van der Waals surface area contributed by atoms with Crippen molar-refractivity contribution < 1.29 is 24.4 Å². The summed E-state index contributed by atoms with van der Waals surface area (Å²) in [5.41, 5.74) is 5.36. The predicted molar refractivity (Wildman–Crippen MR) is 86.2 cm³/mol. The Morgan fingerprint density at radius 3 is 2.57 bits per heavy atom. The standard InChI is InChI=1S/C14H28BN3O5/c1-9(13(20)18-7-5-6-11(18)15(21)22)17-12(19)10(16)8-23-14(2,3)4/h9-11,21-22H,5-8,16H2,1-4H3,(H,17,19)/t9-,10+,11+/m1/s1. The zero-order chi connectivity index (χ0) is 17.8. The van der Waals surface area contributed by atoms with Crippen LogP contribution in [0, 0.1) is 0 Å². The molecular weight excluding hydrogens is 301 g/mol. The number of nitrogens with zero attached hydrogens (tertiary/aromatic N) is 1. The molecule has 2 amide bonds. The summed E-state index contributed by atoms with van der Waals surface area (Å²) in [5.74, 6) is -1.45. The first-order valence-corrected chi connectivity index (χ1v) is 7.89. The quantitative estimate of drug-likeness (QED) is 0.446. The van der Waals surface area contributed by atoms with Crippen LogP contribution in [0.4, 0.5) is 0 Å². The average Bonchev–Trinajstić information content (AvgIpc) is 2.92. The van der Waals surface area contributed by atoms with Crippen molar-refractivity contribution in [2.24, 2.45) is 5.73 Å². The molecule has 1 saturated heterocycles. The molecular formula is C14H28BN3O5. The van der Waals surface area contributed by atoms with Gasteiger partial charge >= 0.3 is 7.12 Å². The number of likely N-dealkylation sites (tertiary alicyclic amines) is 1. The molecule has 0 aromatic heterocycles. The largest absolute Gasteiger partial charge is 0.475 e. The van der Waals surface area contributed by atoms with Crippen molar-refractivity contribution in [3.05, 3.63) is 0 Å². The van der Waals surface area contributed by atoms with Gasteiger partial charge in [-0.3, -0.25) is 9.59 Å². The zero-order valence-electron chi connectivity index (χ0n) is 14.3. The molecule has 0 radical (unpaired) electrons. The van der Waals surface area contributed by atoms with E-state index in [0.717, 1.165) is 0 Å². The van der Waals surface area contributed by atoms with E-state index in [9.17, 15) is 19.6 Å². The van der Waals surface area contributed by atoms with Gasteiger partial charge in [-0.25, -0.2) is 0 Å². The van der Waals surface area contributed by atoms with E-state index in [1.807, 2.05) is 20.8 Å². The van der Waals surface area contributed by atoms with Crippen LogP contribution in [0.2, 0.25) is 0 Å². The molecule has 0 bridgehead atoms. The Morgan fingerprint density at radius 1 is 1.43 bits per heavy atom. The minimum absolute atomic E-state index is 0.0535. The van der Waals surface area contributed by atoms with Gasteiger partial charge in [0.05, 0.1) is 18.1 Å². The van der Waals surface area contributed by atoms with E-state index >= 15 is 0 Å². The SMILES string of the molecule is C[C@@H](NC(=O)[C@@H](N)COC(C)(C)C)C(=O)N1CCC[C@H]1B(O)O. The fraction of sp³-hybridized carbons (Fsp3) is 0.857. The lowest BCUT2D eigenvalue weighted by Gasteiger charge is -2.28. The van der Waals surface area contributed by atoms with Crippen molar-refractivity contribution in [2.45, 2.75) is 64.2 Å². The molecule has 0 aliphatic carbocycles. The van der Waals surface area contributed by atoms with Crippen LogP contribution in [0.15, 0.2) is 0 Å². The van der Waals surface area contributed by atoms with Gasteiger partial charge in [0.25, 0.3) is 0 Å². The van der Waals surface area contributed by atoms with Crippen molar-refractivity contribution in [2.75, 3.05) is 13.2 Å². The number of nitrogens with two attached hydrogens (primary N) is 1. The zero-order valence-corrected chi connectivity index (χ0v) is 14.3. The Morgan fingerprint density at radius 2 is 2.04 bits per heavy atom. The molecule has 5 N–H and O–H groups in total. The third-order valence-corrected chi connectivity index (χ3v) is 3.69. The lowest BCUT2D eigenvalue weighted by Crippen LogP contribution is -2.55. The maximum atomic E-state index is 12.4. The molecule has 0 aromatic carbocycles. The van der Waals surface area contributed by atoms with Crippen molar-refractivity contribution >= 4 is 18.9 Å². The van der Waals surface area contributed by atoms with Crippen LogP contribution in [0.3, 0.4) is 0 Å². The molecule has 132 valence electrons. The van der Waals surface area contributed by atoms with Crippen LogP contribution in [0.5, 0.6) is 0 Å². The van der Waals surface area contributed by atoms with E-state index in [4.69, 9.17) is 10.5 Å². The Labute approximate surface area is 137 Å². The molecule has 23 heavy (non-hydrogen) atoms. The summed E-state index contributed by atoms with van der Waals surface area (Å²) in [4.78, 5) is 25.8. The van der Waals surface area contributed by atoms with Gasteiger partial charge in [-0.1, -0.05) is 0 Å². The molecule has 1 aliphatic heterocycles. The van der Waals surface area contributed by atoms with Crippen molar-refractivity contribution in [3.63, 3.8) is 0 Å². The van der Waals surface area contributed by atoms with Crippen LogP contribution >= 0.6 is 0 Å².